The number of carbonyl (C=O) groups excluding carboxylic acids is 2. The first-order valence-corrected chi connectivity index (χ1v) is 10.4. The molecule has 7 heteroatoms. The zero-order valence-corrected chi connectivity index (χ0v) is 16.6. The van der Waals surface area contributed by atoms with Gasteiger partial charge in [-0.05, 0) is 36.6 Å². The van der Waals surface area contributed by atoms with Crippen molar-refractivity contribution in [1.29, 1.82) is 0 Å². The van der Waals surface area contributed by atoms with Crippen LogP contribution in [-0.2, 0) is 16.8 Å². The van der Waals surface area contributed by atoms with E-state index < -0.39 is 0 Å². The summed E-state index contributed by atoms with van der Waals surface area (Å²) in [5, 5.41) is 3.01. The summed E-state index contributed by atoms with van der Waals surface area (Å²) in [6.07, 6.45) is 6.05. The predicted octanol–water partition coefficient (Wildman–Crippen LogP) is 2.38. The molecule has 1 N–H and O–H groups in total. The van der Waals surface area contributed by atoms with Crippen LogP contribution in [0, 0.1) is 0 Å². The fourth-order valence-corrected chi connectivity index (χ4v) is 4.35. The van der Waals surface area contributed by atoms with E-state index >= 15 is 0 Å². The van der Waals surface area contributed by atoms with Gasteiger partial charge in [0.15, 0.2) is 5.78 Å². The molecule has 1 aliphatic carbocycles. The van der Waals surface area contributed by atoms with Gasteiger partial charge in [-0.3, -0.25) is 24.5 Å². The van der Waals surface area contributed by atoms with Gasteiger partial charge in [-0.15, -0.1) is 0 Å². The molecule has 1 amide bonds. The van der Waals surface area contributed by atoms with Gasteiger partial charge < -0.3 is 10.2 Å². The minimum absolute atomic E-state index is 0.0770. The van der Waals surface area contributed by atoms with Crippen LogP contribution in [0.3, 0.4) is 0 Å². The summed E-state index contributed by atoms with van der Waals surface area (Å²) in [6.45, 7) is 6.42. The number of amides is 1. The van der Waals surface area contributed by atoms with Crippen molar-refractivity contribution in [2.75, 3.05) is 36.4 Å². The molecule has 1 spiro atoms. The predicted molar refractivity (Wildman–Crippen MR) is 110 cm³/mol. The molecule has 150 valence electrons. The normalized spacial score (nSPS) is 19.9. The Morgan fingerprint density at radius 2 is 1.93 bits per heavy atom. The molecule has 0 radical (unpaired) electrons. The second-order valence-electron chi connectivity index (χ2n) is 8.22. The Bertz CT molecular complexity index is 960. The first-order valence-electron chi connectivity index (χ1n) is 10.4. The van der Waals surface area contributed by atoms with E-state index in [0.717, 1.165) is 68.2 Å². The molecule has 29 heavy (non-hydrogen) atoms. The average molecular weight is 391 g/mol. The van der Waals surface area contributed by atoms with Crippen molar-refractivity contribution in [1.82, 2.24) is 14.9 Å². The molecule has 2 aromatic rings. The molecule has 0 aromatic carbocycles. The third-order valence-corrected chi connectivity index (χ3v) is 6.33. The van der Waals surface area contributed by atoms with Gasteiger partial charge in [-0.1, -0.05) is 6.92 Å². The van der Waals surface area contributed by atoms with Crippen molar-refractivity contribution in [3.8, 4) is 0 Å². The van der Waals surface area contributed by atoms with Crippen molar-refractivity contribution in [2.45, 2.75) is 38.1 Å². The number of nitrogens with one attached hydrogen (secondary N) is 1. The first-order chi connectivity index (χ1) is 14.1. The van der Waals surface area contributed by atoms with Crippen LogP contribution in [0.2, 0.25) is 0 Å². The van der Waals surface area contributed by atoms with Crippen LogP contribution in [-0.4, -0.2) is 52.7 Å². The Morgan fingerprint density at radius 1 is 1.14 bits per heavy atom. The number of pyridine rings is 2. The van der Waals surface area contributed by atoms with Crippen LogP contribution in [0.5, 0.6) is 0 Å². The SMILES string of the molecule is CCC(=O)c1ccc(N2CCN(Cc3cnc4c(c3)NC(=O)C43CC3)CC2)cn1. The summed E-state index contributed by atoms with van der Waals surface area (Å²) in [6, 6.07) is 5.91. The summed E-state index contributed by atoms with van der Waals surface area (Å²) in [5.41, 5.74) is 4.27. The molecule has 7 nitrogen and oxygen atoms in total. The molecule has 1 saturated carbocycles. The van der Waals surface area contributed by atoms with Gasteiger partial charge in [0.25, 0.3) is 0 Å². The molecule has 0 unspecified atom stereocenters. The number of nitrogens with zero attached hydrogens (tertiary/aromatic N) is 4. The Balaban J connectivity index is 1.19. The lowest BCUT2D eigenvalue weighted by atomic mass is 10.0. The van der Waals surface area contributed by atoms with Crippen molar-refractivity contribution < 1.29 is 9.59 Å². The number of rotatable bonds is 5. The van der Waals surface area contributed by atoms with E-state index in [-0.39, 0.29) is 17.1 Å². The highest BCUT2D eigenvalue weighted by atomic mass is 16.2. The summed E-state index contributed by atoms with van der Waals surface area (Å²) < 4.78 is 0. The third kappa shape index (κ3) is 3.19. The Labute approximate surface area is 170 Å². The Kier molecular flexibility index (Phi) is 4.35. The fraction of sp³-hybridized carbons (Fsp3) is 0.455. The minimum Gasteiger partial charge on any atom is -0.368 e. The maximum atomic E-state index is 12.2. The lowest BCUT2D eigenvalue weighted by molar-refractivity contribution is -0.117. The number of piperazine rings is 1. The molecule has 2 aliphatic heterocycles. The molecule has 1 saturated heterocycles. The van der Waals surface area contributed by atoms with Gasteiger partial charge >= 0.3 is 0 Å². The highest BCUT2D eigenvalue weighted by Gasteiger charge is 2.57. The van der Waals surface area contributed by atoms with Crippen molar-refractivity contribution in [3.05, 3.63) is 47.5 Å². The van der Waals surface area contributed by atoms with E-state index in [4.69, 9.17) is 0 Å². The molecule has 3 aliphatic rings. The molecule has 5 rings (SSSR count). The molecular weight excluding hydrogens is 366 g/mol. The standard InChI is InChI=1S/C22H25N5O2/c1-2-19(28)17-4-3-16(13-23-17)27-9-7-26(8-10-27)14-15-11-18-20(24-12-15)22(5-6-22)21(29)25-18/h3-4,11-13H,2,5-10,14H2,1H3,(H,25,29). The van der Waals surface area contributed by atoms with Crippen LogP contribution in [0.4, 0.5) is 11.4 Å². The molecule has 2 fully saturated rings. The van der Waals surface area contributed by atoms with Gasteiger partial charge in [0.1, 0.15) is 5.69 Å². The zero-order valence-electron chi connectivity index (χ0n) is 16.6. The topological polar surface area (TPSA) is 78.4 Å². The summed E-state index contributed by atoms with van der Waals surface area (Å²) in [5.74, 6) is 0.194. The molecule has 0 bridgehead atoms. The average Bonchev–Trinajstić information content (AvgIpc) is 3.51. The highest BCUT2D eigenvalue weighted by Crippen LogP contribution is 2.54. The van der Waals surface area contributed by atoms with Crippen molar-refractivity contribution in [2.24, 2.45) is 0 Å². The van der Waals surface area contributed by atoms with E-state index in [1.54, 1.807) is 6.20 Å². The first kappa shape index (κ1) is 18.2. The summed E-state index contributed by atoms with van der Waals surface area (Å²) in [7, 11) is 0. The number of Topliss-reactive ketones (excluding diaryl/α,β-unsaturated/α-hetero) is 1. The van der Waals surface area contributed by atoms with Gasteiger partial charge in [-0.25, -0.2) is 0 Å². The Morgan fingerprint density at radius 3 is 2.59 bits per heavy atom. The smallest absolute Gasteiger partial charge is 0.236 e. The third-order valence-electron chi connectivity index (χ3n) is 6.33. The van der Waals surface area contributed by atoms with Crippen LogP contribution >= 0.6 is 0 Å². The second kappa shape index (κ2) is 6.91. The van der Waals surface area contributed by atoms with Gasteiger partial charge in [0.2, 0.25) is 5.91 Å². The molecular formula is C22H25N5O2. The van der Waals surface area contributed by atoms with E-state index in [1.807, 2.05) is 25.3 Å². The van der Waals surface area contributed by atoms with Gasteiger partial charge in [0.05, 0.1) is 28.7 Å². The van der Waals surface area contributed by atoms with Crippen LogP contribution < -0.4 is 10.2 Å². The lowest BCUT2D eigenvalue weighted by Gasteiger charge is -2.36. The van der Waals surface area contributed by atoms with E-state index in [2.05, 4.69) is 31.2 Å². The molecule has 4 heterocycles. The van der Waals surface area contributed by atoms with E-state index in [0.29, 0.717) is 12.1 Å². The van der Waals surface area contributed by atoms with E-state index in [9.17, 15) is 9.59 Å². The van der Waals surface area contributed by atoms with Crippen molar-refractivity contribution in [3.63, 3.8) is 0 Å². The molecule has 2 aromatic heterocycles. The molecule has 0 atom stereocenters. The number of hydrogen-bond acceptors (Lipinski definition) is 6. The maximum absolute atomic E-state index is 12.2. The maximum Gasteiger partial charge on any atom is 0.236 e. The van der Waals surface area contributed by atoms with Crippen LogP contribution in [0.1, 0.15) is 47.9 Å². The number of fused-ring (bicyclic) bond motifs is 2. The number of carbonyl (C=O) groups is 2. The summed E-state index contributed by atoms with van der Waals surface area (Å²) in [4.78, 5) is 37.6. The monoisotopic (exact) mass is 391 g/mol. The van der Waals surface area contributed by atoms with E-state index in [1.165, 1.54) is 0 Å². The number of hydrogen-bond donors (Lipinski definition) is 1. The van der Waals surface area contributed by atoms with Crippen molar-refractivity contribution >= 4 is 23.1 Å². The van der Waals surface area contributed by atoms with Crippen LogP contribution in [0.15, 0.2) is 30.6 Å². The minimum atomic E-state index is -0.315. The largest absolute Gasteiger partial charge is 0.368 e. The highest BCUT2D eigenvalue weighted by molar-refractivity contribution is 6.07. The number of ketones is 1. The van der Waals surface area contributed by atoms with Gasteiger partial charge in [-0.2, -0.15) is 0 Å². The zero-order chi connectivity index (χ0) is 20.0. The van der Waals surface area contributed by atoms with Gasteiger partial charge in [0, 0.05) is 45.3 Å². The fourth-order valence-electron chi connectivity index (χ4n) is 4.35. The summed E-state index contributed by atoms with van der Waals surface area (Å²) >= 11 is 0. The second-order valence-corrected chi connectivity index (χ2v) is 8.22. The Hall–Kier alpha value is -2.80. The number of aromatic nitrogens is 2. The quantitative estimate of drug-likeness (QED) is 0.789. The number of anilines is 2. The lowest BCUT2D eigenvalue weighted by Crippen LogP contribution is -2.46. The van der Waals surface area contributed by atoms with Crippen LogP contribution in [0.25, 0.3) is 0 Å².